The Hall–Kier alpha value is -3.26. The number of methoxy groups -OCH3 is 1. The highest BCUT2D eigenvalue weighted by atomic mass is 32.1. The number of hydrogen-bond acceptors (Lipinski definition) is 7. The van der Waals surface area contributed by atoms with Gasteiger partial charge in [0.1, 0.15) is 28.4 Å². The number of aromatic nitrogens is 4. The Kier molecular flexibility index (Phi) is 4.79. The van der Waals surface area contributed by atoms with Crippen LogP contribution in [0.2, 0.25) is 0 Å². The van der Waals surface area contributed by atoms with Crippen LogP contribution >= 0.6 is 11.3 Å². The van der Waals surface area contributed by atoms with Crippen LogP contribution < -0.4 is 15.6 Å². The minimum Gasteiger partial charge on any atom is -0.494 e. The topological polar surface area (TPSA) is 81.9 Å². The summed E-state index contributed by atoms with van der Waals surface area (Å²) in [5, 5.41) is 5.07. The van der Waals surface area contributed by atoms with E-state index < -0.39 is 0 Å². The van der Waals surface area contributed by atoms with Crippen LogP contribution in [-0.4, -0.2) is 26.6 Å². The van der Waals surface area contributed by atoms with E-state index in [0.29, 0.717) is 18.1 Å². The Morgan fingerprint density at radius 3 is 2.79 bits per heavy atom. The van der Waals surface area contributed by atoms with Crippen LogP contribution in [0.1, 0.15) is 10.4 Å². The third kappa shape index (κ3) is 3.46. The predicted octanol–water partition coefficient (Wildman–Crippen LogP) is 3.38. The highest BCUT2D eigenvalue weighted by molar-refractivity contribution is 7.14. The average molecular weight is 393 g/mol. The van der Waals surface area contributed by atoms with Crippen molar-refractivity contribution in [1.82, 2.24) is 19.5 Å². The first-order valence-corrected chi connectivity index (χ1v) is 9.52. The number of nitrogens with zero attached hydrogens (tertiary/aromatic N) is 4. The van der Waals surface area contributed by atoms with Crippen LogP contribution in [0.25, 0.3) is 21.5 Å². The highest BCUT2D eigenvalue weighted by Crippen LogP contribution is 2.35. The molecule has 0 bridgehead atoms. The fourth-order valence-corrected chi connectivity index (χ4v) is 3.68. The van der Waals surface area contributed by atoms with Gasteiger partial charge in [0.05, 0.1) is 7.11 Å². The SMILES string of the molecule is COc1cc(-c2ncc(C)s2)cc2c(NCc3ccn(C)c(=O)c3)ncnc12. The third-order valence-electron chi connectivity index (χ3n) is 4.42. The van der Waals surface area contributed by atoms with Crippen molar-refractivity contribution in [2.75, 3.05) is 12.4 Å². The first-order chi connectivity index (χ1) is 13.5. The molecule has 0 unspecified atom stereocenters. The van der Waals surface area contributed by atoms with Crippen molar-refractivity contribution in [3.05, 3.63) is 63.8 Å². The number of ether oxygens (including phenoxy) is 1. The van der Waals surface area contributed by atoms with Crippen LogP contribution in [0.4, 0.5) is 5.82 Å². The van der Waals surface area contributed by atoms with Crippen LogP contribution in [0.5, 0.6) is 5.75 Å². The molecule has 1 N–H and O–H groups in total. The number of anilines is 1. The van der Waals surface area contributed by atoms with Crippen LogP contribution in [-0.2, 0) is 13.6 Å². The Balaban J connectivity index is 1.75. The number of pyridine rings is 1. The predicted molar refractivity (Wildman–Crippen MR) is 111 cm³/mol. The van der Waals surface area contributed by atoms with E-state index in [2.05, 4.69) is 20.3 Å². The molecule has 0 radical (unpaired) electrons. The second-order valence-electron chi connectivity index (χ2n) is 6.41. The van der Waals surface area contributed by atoms with Crippen molar-refractivity contribution < 1.29 is 4.74 Å². The van der Waals surface area contributed by atoms with Gasteiger partial charge in [-0.2, -0.15) is 0 Å². The standard InChI is InChI=1S/C20H19N5O2S/c1-12-9-22-20(28-12)14-7-15-18(16(8-14)27-3)23-11-24-19(15)21-10-13-4-5-25(2)17(26)6-13/h4-9,11H,10H2,1-3H3,(H,21,23,24). The van der Waals surface area contributed by atoms with Crippen molar-refractivity contribution in [3.8, 4) is 16.3 Å². The van der Waals surface area contributed by atoms with E-state index in [4.69, 9.17) is 4.74 Å². The fourth-order valence-electron chi connectivity index (χ4n) is 2.93. The van der Waals surface area contributed by atoms with E-state index >= 15 is 0 Å². The maximum Gasteiger partial charge on any atom is 0.250 e. The number of rotatable bonds is 5. The quantitative estimate of drug-likeness (QED) is 0.560. The van der Waals surface area contributed by atoms with Gasteiger partial charge in [0.2, 0.25) is 0 Å². The van der Waals surface area contributed by atoms with Crippen molar-refractivity contribution in [1.29, 1.82) is 0 Å². The Labute approximate surface area is 165 Å². The summed E-state index contributed by atoms with van der Waals surface area (Å²) < 4.78 is 7.10. The van der Waals surface area contributed by atoms with Gasteiger partial charge < -0.3 is 14.6 Å². The third-order valence-corrected chi connectivity index (χ3v) is 5.38. The molecule has 0 saturated carbocycles. The molecule has 142 valence electrons. The van der Waals surface area contributed by atoms with E-state index in [-0.39, 0.29) is 5.56 Å². The second kappa shape index (κ2) is 7.40. The number of fused-ring (bicyclic) bond motifs is 1. The molecule has 3 aromatic heterocycles. The molecule has 4 aromatic rings. The lowest BCUT2D eigenvalue weighted by molar-refractivity contribution is 0.419. The minimum atomic E-state index is -0.0464. The molecule has 0 aliphatic carbocycles. The zero-order valence-electron chi connectivity index (χ0n) is 15.8. The van der Waals surface area contributed by atoms with Crippen molar-refractivity contribution in [3.63, 3.8) is 0 Å². The molecule has 0 fully saturated rings. The zero-order chi connectivity index (χ0) is 19.7. The molecule has 8 heteroatoms. The number of thiazole rings is 1. The lowest BCUT2D eigenvalue weighted by Crippen LogP contribution is -2.16. The summed E-state index contributed by atoms with van der Waals surface area (Å²) in [6, 6.07) is 7.48. The van der Waals surface area contributed by atoms with E-state index in [1.807, 2.05) is 31.3 Å². The molecule has 0 spiro atoms. The van der Waals surface area contributed by atoms with E-state index in [0.717, 1.165) is 31.9 Å². The summed E-state index contributed by atoms with van der Waals surface area (Å²) in [6.07, 6.45) is 5.11. The average Bonchev–Trinajstić information content (AvgIpc) is 3.14. The van der Waals surface area contributed by atoms with Gasteiger partial charge in [0, 0.05) is 47.9 Å². The van der Waals surface area contributed by atoms with Gasteiger partial charge in [0.25, 0.3) is 5.56 Å². The summed E-state index contributed by atoms with van der Waals surface area (Å²) in [7, 11) is 3.35. The van der Waals surface area contributed by atoms with Gasteiger partial charge in [-0.15, -0.1) is 11.3 Å². The zero-order valence-corrected chi connectivity index (χ0v) is 16.6. The normalized spacial score (nSPS) is 11.0. The van der Waals surface area contributed by atoms with Gasteiger partial charge in [0.15, 0.2) is 0 Å². The molecule has 0 atom stereocenters. The first-order valence-electron chi connectivity index (χ1n) is 8.70. The van der Waals surface area contributed by atoms with Gasteiger partial charge in [-0.1, -0.05) is 0 Å². The number of benzene rings is 1. The Morgan fingerprint density at radius 1 is 1.21 bits per heavy atom. The molecule has 0 aliphatic rings. The molecule has 0 aliphatic heterocycles. The monoisotopic (exact) mass is 393 g/mol. The smallest absolute Gasteiger partial charge is 0.250 e. The van der Waals surface area contributed by atoms with E-state index in [1.54, 1.807) is 37.8 Å². The second-order valence-corrected chi connectivity index (χ2v) is 7.65. The molecule has 0 saturated heterocycles. The molecule has 3 heterocycles. The maximum atomic E-state index is 11.8. The number of hydrogen-bond donors (Lipinski definition) is 1. The molecular weight excluding hydrogens is 374 g/mol. The minimum absolute atomic E-state index is 0.0464. The first kappa shape index (κ1) is 18.1. The van der Waals surface area contributed by atoms with Gasteiger partial charge in [-0.05, 0) is 30.7 Å². The molecule has 0 amide bonds. The van der Waals surface area contributed by atoms with Gasteiger partial charge in [-0.3, -0.25) is 4.79 Å². The van der Waals surface area contributed by atoms with Crippen molar-refractivity contribution >= 4 is 28.1 Å². The molecule has 4 rings (SSSR count). The Bertz CT molecular complexity index is 1210. The molecule has 1 aromatic carbocycles. The lowest BCUT2D eigenvalue weighted by Gasteiger charge is -2.12. The highest BCUT2D eigenvalue weighted by Gasteiger charge is 2.13. The summed E-state index contributed by atoms with van der Waals surface area (Å²) >= 11 is 1.62. The fraction of sp³-hybridized carbons (Fsp3) is 0.200. The van der Waals surface area contributed by atoms with Crippen LogP contribution in [0, 0.1) is 6.92 Å². The number of aryl methyl sites for hydroxylation is 2. The largest absolute Gasteiger partial charge is 0.494 e. The van der Waals surface area contributed by atoms with Crippen LogP contribution in [0.3, 0.4) is 0 Å². The van der Waals surface area contributed by atoms with Crippen molar-refractivity contribution in [2.24, 2.45) is 7.05 Å². The van der Waals surface area contributed by atoms with Gasteiger partial charge in [-0.25, -0.2) is 15.0 Å². The van der Waals surface area contributed by atoms with E-state index in [9.17, 15) is 4.79 Å². The summed E-state index contributed by atoms with van der Waals surface area (Å²) in [5.41, 5.74) is 2.51. The molecule has 7 nitrogen and oxygen atoms in total. The summed E-state index contributed by atoms with van der Waals surface area (Å²) in [6.45, 7) is 2.50. The summed E-state index contributed by atoms with van der Waals surface area (Å²) in [4.78, 5) is 26.2. The maximum absolute atomic E-state index is 11.8. The van der Waals surface area contributed by atoms with E-state index in [1.165, 1.54) is 10.9 Å². The van der Waals surface area contributed by atoms with Gasteiger partial charge >= 0.3 is 0 Å². The lowest BCUT2D eigenvalue weighted by atomic mass is 10.1. The molecule has 28 heavy (non-hydrogen) atoms. The summed E-state index contributed by atoms with van der Waals surface area (Å²) in [5.74, 6) is 1.35. The number of nitrogens with one attached hydrogen (secondary N) is 1. The molecular formula is C20H19N5O2S. The van der Waals surface area contributed by atoms with Crippen LogP contribution in [0.15, 0.2) is 47.8 Å². The Morgan fingerprint density at radius 2 is 2.07 bits per heavy atom. The van der Waals surface area contributed by atoms with Crippen molar-refractivity contribution in [2.45, 2.75) is 13.5 Å².